The molecule has 4 heterocycles. The summed E-state index contributed by atoms with van der Waals surface area (Å²) in [6, 6.07) is 9.47. The third-order valence-corrected chi connectivity index (χ3v) is 3.86. The standard InChI is InChI=1S/C16H16N6O/c1-3-14(23-12-1)13-4-5-15(20-19-13)21-8-10-22(11-9-21)16-17-6-2-7-18-16/h1-7,12H,8-11H2. The van der Waals surface area contributed by atoms with E-state index < -0.39 is 0 Å². The largest absolute Gasteiger partial charge is 0.463 e. The Morgan fingerprint density at radius 1 is 0.826 bits per heavy atom. The highest BCUT2D eigenvalue weighted by molar-refractivity contribution is 5.53. The van der Waals surface area contributed by atoms with E-state index in [9.17, 15) is 0 Å². The number of nitrogens with zero attached hydrogens (tertiary/aromatic N) is 6. The lowest BCUT2D eigenvalue weighted by Gasteiger charge is -2.35. The van der Waals surface area contributed by atoms with Gasteiger partial charge >= 0.3 is 0 Å². The quantitative estimate of drug-likeness (QED) is 0.731. The van der Waals surface area contributed by atoms with Crippen molar-refractivity contribution < 1.29 is 4.42 Å². The van der Waals surface area contributed by atoms with E-state index in [0.29, 0.717) is 0 Å². The Balaban J connectivity index is 1.42. The number of rotatable bonds is 3. The van der Waals surface area contributed by atoms with Crippen LogP contribution in [-0.4, -0.2) is 46.3 Å². The molecule has 0 atom stereocenters. The number of piperazine rings is 1. The zero-order chi connectivity index (χ0) is 15.5. The van der Waals surface area contributed by atoms with E-state index in [0.717, 1.165) is 49.4 Å². The summed E-state index contributed by atoms with van der Waals surface area (Å²) in [6.07, 6.45) is 5.18. The van der Waals surface area contributed by atoms with Crippen molar-refractivity contribution in [2.45, 2.75) is 0 Å². The third-order valence-electron chi connectivity index (χ3n) is 3.86. The first-order valence-electron chi connectivity index (χ1n) is 7.55. The molecular formula is C16H16N6O. The first kappa shape index (κ1) is 13.7. The lowest BCUT2D eigenvalue weighted by molar-refractivity contribution is 0.578. The Morgan fingerprint density at radius 2 is 1.61 bits per heavy atom. The molecule has 0 unspecified atom stereocenters. The van der Waals surface area contributed by atoms with Gasteiger partial charge < -0.3 is 14.2 Å². The third kappa shape index (κ3) is 2.85. The average Bonchev–Trinajstić information content (AvgIpc) is 3.18. The van der Waals surface area contributed by atoms with Crippen LogP contribution in [0.4, 0.5) is 11.8 Å². The summed E-state index contributed by atoms with van der Waals surface area (Å²) >= 11 is 0. The molecule has 1 saturated heterocycles. The van der Waals surface area contributed by atoms with Gasteiger partial charge in [-0.05, 0) is 30.3 Å². The van der Waals surface area contributed by atoms with Gasteiger partial charge in [0.05, 0.1) is 6.26 Å². The second-order valence-corrected chi connectivity index (χ2v) is 5.28. The van der Waals surface area contributed by atoms with Crippen molar-refractivity contribution >= 4 is 11.8 Å². The van der Waals surface area contributed by atoms with E-state index in [1.807, 2.05) is 30.3 Å². The van der Waals surface area contributed by atoms with Crippen LogP contribution in [0.1, 0.15) is 0 Å². The molecule has 0 N–H and O–H groups in total. The van der Waals surface area contributed by atoms with Crippen LogP contribution in [-0.2, 0) is 0 Å². The predicted molar refractivity (Wildman–Crippen MR) is 86.2 cm³/mol. The van der Waals surface area contributed by atoms with Gasteiger partial charge in [0.2, 0.25) is 5.95 Å². The number of aromatic nitrogens is 4. The first-order chi connectivity index (χ1) is 11.4. The molecule has 23 heavy (non-hydrogen) atoms. The Kier molecular flexibility index (Phi) is 3.59. The van der Waals surface area contributed by atoms with E-state index >= 15 is 0 Å². The molecule has 7 heteroatoms. The monoisotopic (exact) mass is 308 g/mol. The van der Waals surface area contributed by atoms with Crippen molar-refractivity contribution in [3.63, 3.8) is 0 Å². The molecule has 0 aromatic carbocycles. The van der Waals surface area contributed by atoms with Gasteiger partial charge in [-0.25, -0.2) is 9.97 Å². The second-order valence-electron chi connectivity index (χ2n) is 5.28. The predicted octanol–water partition coefficient (Wildman–Crippen LogP) is 1.85. The lowest BCUT2D eigenvalue weighted by Crippen LogP contribution is -2.47. The minimum Gasteiger partial charge on any atom is -0.463 e. The Morgan fingerprint density at radius 3 is 2.26 bits per heavy atom. The van der Waals surface area contributed by atoms with Crippen LogP contribution in [0.2, 0.25) is 0 Å². The second kappa shape index (κ2) is 6.04. The molecule has 0 aliphatic carbocycles. The molecule has 0 spiro atoms. The molecule has 116 valence electrons. The van der Waals surface area contributed by atoms with Crippen LogP contribution >= 0.6 is 0 Å². The fourth-order valence-electron chi connectivity index (χ4n) is 2.64. The van der Waals surface area contributed by atoms with Gasteiger partial charge in [-0.3, -0.25) is 0 Å². The Bertz CT molecular complexity index is 736. The van der Waals surface area contributed by atoms with Crippen molar-refractivity contribution in [2.24, 2.45) is 0 Å². The van der Waals surface area contributed by atoms with Crippen LogP contribution in [0.3, 0.4) is 0 Å². The molecule has 3 aromatic heterocycles. The maximum Gasteiger partial charge on any atom is 0.225 e. The molecule has 3 aromatic rings. The highest BCUT2D eigenvalue weighted by Gasteiger charge is 2.20. The van der Waals surface area contributed by atoms with Crippen LogP contribution < -0.4 is 9.80 Å². The van der Waals surface area contributed by atoms with E-state index in [1.165, 1.54) is 0 Å². The van der Waals surface area contributed by atoms with Crippen molar-refractivity contribution in [1.82, 2.24) is 20.2 Å². The molecule has 1 aliphatic heterocycles. The maximum atomic E-state index is 5.33. The van der Waals surface area contributed by atoms with Gasteiger partial charge in [0.15, 0.2) is 11.6 Å². The highest BCUT2D eigenvalue weighted by atomic mass is 16.3. The van der Waals surface area contributed by atoms with E-state index in [2.05, 4.69) is 30.0 Å². The molecular weight excluding hydrogens is 292 g/mol. The molecule has 0 radical (unpaired) electrons. The fourth-order valence-corrected chi connectivity index (χ4v) is 2.64. The molecule has 4 rings (SSSR count). The van der Waals surface area contributed by atoms with Crippen LogP contribution in [0.15, 0.2) is 53.4 Å². The summed E-state index contributed by atoms with van der Waals surface area (Å²) in [6.45, 7) is 3.47. The van der Waals surface area contributed by atoms with Crippen LogP contribution in [0.5, 0.6) is 0 Å². The first-order valence-corrected chi connectivity index (χ1v) is 7.55. The number of anilines is 2. The van der Waals surface area contributed by atoms with E-state index in [-0.39, 0.29) is 0 Å². The molecule has 0 saturated carbocycles. The van der Waals surface area contributed by atoms with Gasteiger partial charge in [0, 0.05) is 38.6 Å². The summed E-state index contributed by atoms with van der Waals surface area (Å²) in [7, 11) is 0. The summed E-state index contributed by atoms with van der Waals surface area (Å²) in [5.41, 5.74) is 0.745. The zero-order valence-corrected chi connectivity index (χ0v) is 12.5. The highest BCUT2D eigenvalue weighted by Crippen LogP contribution is 2.20. The van der Waals surface area contributed by atoms with Crippen molar-refractivity contribution in [3.8, 4) is 11.5 Å². The van der Waals surface area contributed by atoms with Gasteiger partial charge in [-0.2, -0.15) is 0 Å². The number of hydrogen-bond donors (Lipinski definition) is 0. The lowest BCUT2D eigenvalue weighted by atomic mass is 10.3. The van der Waals surface area contributed by atoms with Gasteiger partial charge in [-0.15, -0.1) is 10.2 Å². The van der Waals surface area contributed by atoms with Gasteiger partial charge in [0.1, 0.15) is 5.69 Å². The number of furan rings is 1. The minimum absolute atomic E-state index is 0.732. The normalized spacial score (nSPS) is 15.0. The maximum absolute atomic E-state index is 5.33. The van der Waals surface area contributed by atoms with Crippen LogP contribution in [0, 0.1) is 0 Å². The topological polar surface area (TPSA) is 71.2 Å². The summed E-state index contributed by atoms with van der Waals surface area (Å²) in [5.74, 6) is 2.40. The molecule has 0 amide bonds. The van der Waals surface area contributed by atoms with E-state index in [4.69, 9.17) is 4.42 Å². The molecule has 1 aliphatic rings. The molecule has 0 bridgehead atoms. The smallest absolute Gasteiger partial charge is 0.225 e. The summed E-state index contributed by atoms with van der Waals surface area (Å²) < 4.78 is 5.33. The van der Waals surface area contributed by atoms with Gasteiger partial charge in [-0.1, -0.05) is 0 Å². The van der Waals surface area contributed by atoms with Crippen molar-refractivity contribution in [2.75, 3.05) is 36.0 Å². The van der Waals surface area contributed by atoms with E-state index in [1.54, 1.807) is 18.7 Å². The molecule has 1 fully saturated rings. The summed E-state index contributed by atoms with van der Waals surface area (Å²) in [4.78, 5) is 13.0. The zero-order valence-electron chi connectivity index (χ0n) is 12.5. The number of hydrogen-bond acceptors (Lipinski definition) is 7. The Labute approximate surface area is 133 Å². The molecule has 7 nitrogen and oxygen atoms in total. The van der Waals surface area contributed by atoms with Crippen LogP contribution in [0.25, 0.3) is 11.5 Å². The van der Waals surface area contributed by atoms with Gasteiger partial charge in [0.25, 0.3) is 0 Å². The minimum atomic E-state index is 0.732. The van der Waals surface area contributed by atoms with Crippen molar-refractivity contribution in [1.29, 1.82) is 0 Å². The fraction of sp³-hybridized carbons (Fsp3) is 0.250. The average molecular weight is 308 g/mol. The summed E-state index contributed by atoms with van der Waals surface area (Å²) in [5, 5.41) is 8.57. The van der Waals surface area contributed by atoms with Crippen molar-refractivity contribution in [3.05, 3.63) is 49.0 Å². The Hall–Kier alpha value is -2.96. The SMILES string of the molecule is c1cnc(N2CCN(c3ccc(-c4ccco4)nn3)CC2)nc1.